The summed E-state index contributed by atoms with van der Waals surface area (Å²) in [5, 5.41) is 4.74. The van der Waals surface area contributed by atoms with E-state index in [1.807, 2.05) is 13.8 Å². The lowest BCUT2D eigenvalue weighted by Crippen LogP contribution is -2.67. The van der Waals surface area contributed by atoms with Gasteiger partial charge >= 0.3 is 18.4 Å². The molecule has 3 rings (SSSR count). The second kappa shape index (κ2) is 6.29. The number of hydrogen-bond acceptors (Lipinski definition) is 2. The van der Waals surface area contributed by atoms with Gasteiger partial charge in [-0.1, -0.05) is 13.8 Å². The molecule has 0 aromatic heterocycles. The molecule has 1 heterocycles. The maximum absolute atomic E-state index is 12.9. The standard InChI is InChI=1S/C17H18F6N2O2/c1-15(2)12(11-3-4-27-13(11)15)25-14(26)24-10-6-8(16(18,19)20)5-9(7-10)17(21,22)23/h5-7,11-13H,3-4H2,1-2H3,(H2,24,25,26). The second-order valence-electron chi connectivity index (χ2n) is 7.44. The molecule has 1 aliphatic carbocycles. The number of halogens is 6. The van der Waals surface area contributed by atoms with Gasteiger partial charge < -0.3 is 15.4 Å². The van der Waals surface area contributed by atoms with E-state index >= 15 is 0 Å². The highest BCUT2D eigenvalue weighted by Gasteiger charge is 2.59. The van der Waals surface area contributed by atoms with E-state index in [4.69, 9.17) is 4.74 Å². The maximum atomic E-state index is 12.9. The highest BCUT2D eigenvalue weighted by atomic mass is 19.4. The van der Waals surface area contributed by atoms with Gasteiger partial charge in [0.1, 0.15) is 0 Å². The molecule has 2 aliphatic rings. The molecule has 10 heteroatoms. The molecule has 3 unspecified atom stereocenters. The lowest BCUT2D eigenvalue weighted by Gasteiger charge is -2.54. The number of benzene rings is 1. The highest BCUT2D eigenvalue weighted by Crippen LogP contribution is 2.52. The van der Waals surface area contributed by atoms with Crippen molar-refractivity contribution >= 4 is 11.7 Å². The van der Waals surface area contributed by atoms with Crippen LogP contribution in [0.4, 0.5) is 36.8 Å². The van der Waals surface area contributed by atoms with Gasteiger partial charge in [-0.05, 0) is 24.6 Å². The van der Waals surface area contributed by atoms with E-state index in [2.05, 4.69) is 10.6 Å². The van der Waals surface area contributed by atoms with E-state index in [9.17, 15) is 31.1 Å². The Labute approximate surface area is 151 Å². The summed E-state index contributed by atoms with van der Waals surface area (Å²) in [7, 11) is 0. The number of carbonyl (C=O) groups is 1. The Balaban J connectivity index is 1.77. The molecule has 1 aromatic rings. The maximum Gasteiger partial charge on any atom is 0.416 e. The van der Waals surface area contributed by atoms with Crippen LogP contribution in [0, 0.1) is 11.3 Å². The van der Waals surface area contributed by atoms with Crippen LogP contribution in [0.3, 0.4) is 0 Å². The average Bonchev–Trinajstić information content (AvgIpc) is 2.98. The van der Waals surface area contributed by atoms with Crippen molar-refractivity contribution in [2.45, 2.75) is 44.8 Å². The van der Waals surface area contributed by atoms with E-state index in [0.29, 0.717) is 18.7 Å². The molecule has 150 valence electrons. The van der Waals surface area contributed by atoms with Crippen LogP contribution in [0.15, 0.2) is 18.2 Å². The first-order valence-electron chi connectivity index (χ1n) is 8.29. The summed E-state index contributed by atoms with van der Waals surface area (Å²) in [5.41, 5.74) is -3.92. The van der Waals surface area contributed by atoms with Crippen molar-refractivity contribution in [3.63, 3.8) is 0 Å². The van der Waals surface area contributed by atoms with Crippen LogP contribution in [0.5, 0.6) is 0 Å². The molecule has 0 spiro atoms. The van der Waals surface area contributed by atoms with Crippen molar-refractivity contribution in [3.8, 4) is 0 Å². The zero-order chi connectivity index (χ0) is 20.2. The summed E-state index contributed by atoms with van der Waals surface area (Å²) in [5.74, 6) is 0.0815. The lowest BCUT2D eigenvalue weighted by atomic mass is 9.57. The molecule has 0 radical (unpaired) electrons. The number of hydrogen-bond donors (Lipinski definition) is 2. The fraction of sp³-hybridized carbons (Fsp3) is 0.588. The van der Waals surface area contributed by atoms with E-state index < -0.39 is 35.2 Å². The van der Waals surface area contributed by atoms with Gasteiger partial charge in [0.15, 0.2) is 0 Å². The Kier molecular flexibility index (Phi) is 4.61. The fourth-order valence-corrected chi connectivity index (χ4v) is 3.95. The third-order valence-corrected chi connectivity index (χ3v) is 5.23. The SMILES string of the molecule is CC1(C)C(NC(=O)Nc2cc(C(F)(F)F)cc(C(F)(F)F)c2)C2CCOC21. The first-order chi connectivity index (χ1) is 12.3. The molecule has 2 amide bonds. The molecular formula is C17H18F6N2O2. The number of ether oxygens (including phenoxy) is 1. The van der Waals surface area contributed by atoms with Crippen LogP contribution in [0.1, 0.15) is 31.4 Å². The van der Waals surface area contributed by atoms with Gasteiger partial charge in [-0.25, -0.2) is 4.79 Å². The predicted octanol–water partition coefficient (Wildman–Crippen LogP) is 4.66. The zero-order valence-electron chi connectivity index (χ0n) is 14.5. The molecule has 1 aliphatic heterocycles. The summed E-state index contributed by atoms with van der Waals surface area (Å²) in [6.45, 7) is 4.33. The number of amides is 2. The molecular weight excluding hydrogens is 378 g/mol. The van der Waals surface area contributed by atoms with Gasteiger partial charge in [-0.15, -0.1) is 0 Å². The van der Waals surface area contributed by atoms with Crippen LogP contribution in [0.2, 0.25) is 0 Å². The van der Waals surface area contributed by atoms with Gasteiger partial charge in [0.2, 0.25) is 0 Å². The number of anilines is 1. The van der Waals surface area contributed by atoms with Crippen LogP contribution in [-0.4, -0.2) is 24.8 Å². The third-order valence-electron chi connectivity index (χ3n) is 5.23. The summed E-state index contributed by atoms with van der Waals surface area (Å²) in [4.78, 5) is 12.2. The third kappa shape index (κ3) is 3.71. The van der Waals surface area contributed by atoms with Crippen molar-refractivity contribution in [2.75, 3.05) is 11.9 Å². The number of nitrogens with one attached hydrogen (secondary N) is 2. The molecule has 2 fully saturated rings. The van der Waals surface area contributed by atoms with Crippen LogP contribution >= 0.6 is 0 Å². The van der Waals surface area contributed by atoms with E-state index in [-0.39, 0.29) is 29.5 Å². The summed E-state index contributed by atoms with van der Waals surface area (Å²) in [6, 6.07) is -0.174. The Morgan fingerprint density at radius 3 is 2.15 bits per heavy atom. The lowest BCUT2D eigenvalue weighted by molar-refractivity contribution is -0.143. The molecule has 0 bridgehead atoms. The minimum absolute atomic E-state index is 0.0125. The molecule has 1 aromatic carbocycles. The van der Waals surface area contributed by atoms with E-state index in [0.717, 1.165) is 6.42 Å². The normalized spacial score (nSPS) is 26.9. The van der Waals surface area contributed by atoms with Gasteiger partial charge in [-0.2, -0.15) is 26.3 Å². The highest BCUT2D eigenvalue weighted by molar-refractivity contribution is 5.90. The Hall–Kier alpha value is -1.97. The number of urea groups is 1. The minimum Gasteiger partial charge on any atom is -0.377 e. The van der Waals surface area contributed by atoms with Crippen molar-refractivity contribution < 1.29 is 35.9 Å². The van der Waals surface area contributed by atoms with E-state index in [1.54, 1.807) is 0 Å². The van der Waals surface area contributed by atoms with Crippen molar-refractivity contribution in [1.29, 1.82) is 0 Å². The van der Waals surface area contributed by atoms with Crippen LogP contribution in [-0.2, 0) is 17.1 Å². The quantitative estimate of drug-likeness (QED) is 0.715. The minimum atomic E-state index is -4.97. The first kappa shape index (κ1) is 19.8. The summed E-state index contributed by atoms with van der Waals surface area (Å²) >= 11 is 0. The van der Waals surface area contributed by atoms with Crippen molar-refractivity contribution in [2.24, 2.45) is 11.3 Å². The molecule has 4 nitrogen and oxygen atoms in total. The first-order valence-corrected chi connectivity index (χ1v) is 8.29. The fourth-order valence-electron chi connectivity index (χ4n) is 3.95. The van der Waals surface area contributed by atoms with Crippen molar-refractivity contribution in [1.82, 2.24) is 5.32 Å². The molecule has 27 heavy (non-hydrogen) atoms. The predicted molar refractivity (Wildman–Crippen MR) is 84.0 cm³/mol. The Bertz CT molecular complexity index is 712. The summed E-state index contributed by atoms with van der Waals surface area (Å²) in [6.07, 6.45) is -9.23. The molecule has 1 saturated carbocycles. The topological polar surface area (TPSA) is 50.4 Å². The number of alkyl halides is 6. The molecule has 3 atom stereocenters. The van der Waals surface area contributed by atoms with Gasteiger partial charge in [0.25, 0.3) is 0 Å². The second-order valence-corrected chi connectivity index (χ2v) is 7.44. The van der Waals surface area contributed by atoms with Gasteiger partial charge in [-0.3, -0.25) is 0 Å². The zero-order valence-corrected chi connectivity index (χ0v) is 14.5. The van der Waals surface area contributed by atoms with Gasteiger partial charge in [0.05, 0.1) is 17.2 Å². The average molecular weight is 396 g/mol. The molecule has 1 saturated heterocycles. The van der Waals surface area contributed by atoms with Gasteiger partial charge in [0, 0.05) is 29.7 Å². The Morgan fingerprint density at radius 1 is 1.07 bits per heavy atom. The Morgan fingerprint density at radius 2 is 1.63 bits per heavy atom. The number of fused-ring (bicyclic) bond motifs is 1. The van der Waals surface area contributed by atoms with E-state index in [1.165, 1.54) is 0 Å². The summed E-state index contributed by atoms with van der Waals surface area (Å²) < 4.78 is 82.9. The number of carbonyl (C=O) groups excluding carboxylic acids is 1. The monoisotopic (exact) mass is 396 g/mol. The largest absolute Gasteiger partial charge is 0.416 e. The van der Waals surface area contributed by atoms with Crippen LogP contribution < -0.4 is 10.6 Å². The molecule has 2 N–H and O–H groups in total. The smallest absolute Gasteiger partial charge is 0.377 e. The number of rotatable bonds is 2. The van der Waals surface area contributed by atoms with Crippen molar-refractivity contribution in [3.05, 3.63) is 29.3 Å². The van der Waals surface area contributed by atoms with Crippen LogP contribution in [0.25, 0.3) is 0 Å².